The molecule has 0 fully saturated rings. The Labute approximate surface area is 109 Å². The molecule has 0 saturated heterocycles. The molecule has 2 aromatic rings. The van der Waals surface area contributed by atoms with Crippen LogP contribution in [0.3, 0.4) is 0 Å². The monoisotopic (exact) mass is 262 g/mol. The lowest BCUT2D eigenvalue weighted by molar-refractivity contribution is 1.18. The molecule has 0 aliphatic heterocycles. The van der Waals surface area contributed by atoms with Gasteiger partial charge in [-0.3, -0.25) is 4.98 Å². The Morgan fingerprint density at radius 3 is 2.59 bits per heavy atom. The molecule has 1 aromatic carbocycles. The van der Waals surface area contributed by atoms with Gasteiger partial charge in [-0.1, -0.05) is 29.3 Å². The van der Waals surface area contributed by atoms with Crippen molar-refractivity contribution in [2.24, 2.45) is 0 Å². The average molecular weight is 263 g/mol. The third-order valence-corrected chi connectivity index (χ3v) is 3.02. The summed E-state index contributed by atoms with van der Waals surface area (Å²) in [6.07, 6.45) is 1.66. The third-order valence-electron chi connectivity index (χ3n) is 2.47. The molecular formula is C13H8Cl2N2. The highest BCUT2D eigenvalue weighted by atomic mass is 35.5. The van der Waals surface area contributed by atoms with E-state index in [1.54, 1.807) is 37.4 Å². The molecule has 0 aliphatic rings. The van der Waals surface area contributed by atoms with Crippen LogP contribution in [0.2, 0.25) is 10.0 Å². The summed E-state index contributed by atoms with van der Waals surface area (Å²) in [5, 5.41) is 10.2. The maximum absolute atomic E-state index is 9.15. The van der Waals surface area contributed by atoms with Gasteiger partial charge in [0.2, 0.25) is 0 Å². The van der Waals surface area contributed by atoms with Crippen LogP contribution in [0.25, 0.3) is 11.1 Å². The molecule has 84 valence electrons. The van der Waals surface area contributed by atoms with Gasteiger partial charge < -0.3 is 0 Å². The minimum absolute atomic E-state index is 0.527. The van der Waals surface area contributed by atoms with Crippen LogP contribution in [0, 0.1) is 18.3 Å². The van der Waals surface area contributed by atoms with E-state index in [4.69, 9.17) is 28.5 Å². The Bertz CT molecular complexity index is 615. The van der Waals surface area contributed by atoms with Crippen LogP contribution in [-0.2, 0) is 0 Å². The maximum atomic E-state index is 9.15. The van der Waals surface area contributed by atoms with Gasteiger partial charge in [-0.25, -0.2) is 0 Å². The molecule has 1 heterocycles. The smallest absolute Gasteiger partial charge is 0.102 e. The molecule has 0 atom stereocenters. The highest BCUT2D eigenvalue weighted by Crippen LogP contribution is 2.32. The van der Waals surface area contributed by atoms with Crippen LogP contribution in [0.1, 0.15) is 11.3 Å². The Kier molecular flexibility index (Phi) is 3.33. The van der Waals surface area contributed by atoms with Crippen molar-refractivity contribution in [2.45, 2.75) is 6.92 Å². The van der Waals surface area contributed by atoms with Crippen molar-refractivity contribution in [1.82, 2.24) is 4.98 Å². The molecule has 0 unspecified atom stereocenters. The molecule has 2 rings (SSSR count). The SMILES string of the molecule is Cc1nccc(-c2ccc(Cl)cc2Cl)c1C#N. The van der Waals surface area contributed by atoms with Gasteiger partial charge in [0.1, 0.15) is 6.07 Å². The molecule has 0 saturated carbocycles. The standard InChI is InChI=1S/C13H8Cl2N2/c1-8-12(7-16)10(4-5-17-8)11-3-2-9(14)6-13(11)15/h2-6H,1H3. The van der Waals surface area contributed by atoms with Crippen LogP contribution in [0.5, 0.6) is 0 Å². The van der Waals surface area contributed by atoms with Gasteiger partial charge in [0, 0.05) is 27.4 Å². The maximum Gasteiger partial charge on any atom is 0.102 e. The minimum atomic E-state index is 0.527. The van der Waals surface area contributed by atoms with Gasteiger partial charge in [0.15, 0.2) is 0 Å². The summed E-state index contributed by atoms with van der Waals surface area (Å²) < 4.78 is 0. The molecule has 0 bridgehead atoms. The number of benzene rings is 1. The van der Waals surface area contributed by atoms with E-state index in [0.29, 0.717) is 21.3 Å². The van der Waals surface area contributed by atoms with Gasteiger partial charge in [0.25, 0.3) is 0 Å². The summed E-state index contributed by atoms with van der Waals surface area (Å²) in [4.78, 5) is 4.09. The summed E-state index contributed by atoms with van der Waals surface area (Å²) in [6.45, 7) is 1.80. The van der Waals surface area contributed by atoms with Crippen LogP contribution in [0.4, 0.5) is 0 Å². The lowest BCUT2D eigenvalue weighted by Crippen LogP contribution is -1.92. The number of aromatic nitrogens is 1. The highest BCUT2D eigenvalue weighted by molar-refractivity contribution is 6.36. The van der Waals surface area contributed by atoms with E-state index in [1.807, 2.05) is 0 Å². The van der Waals surface area contributed by atoms with E-state index in [0.717, 1.165) is 11.1 Å². The lowest BCUT2D eigenvalue weighted by Gasteiger charge is -2.08. The van der Waals surface area contributed by atoms with Crippen LogP contribution in [-0.4, -0.2) is 4.98 Å². The van der Waals surface area contributed by atoms with Crippen molar-refractivity contribution < 1.29 is 0 Å². The normalized spacial score (nSPS) is 10.0. The van der Waals surface area contributed by atoms with Crippen molar-refractivity contribution in [3.63, 3.8) is 0 Å². The second kappa shape index (κ2) is 4.75. The van der Waals surface area contributed by atoms with E-state index < -0.39 is 0 Å². The van der Waals surface area contributed by atoms with E-state index in [-0.39, 0.29) is 0 Å². The van der Waals surface area contributed by atoms with E-state index in [1.165, 1.54) is 0 Å². The van der Waals surface area contributed by atoms with Crippen molar-refractivity contribution in [3.05, 3.63) is 51.8 Å². The summed E-state index contributed by atoms with van der Waals surface area (Å²) in [6, 6.07) is 9.15. The van der Waals surface area contributed by atoms with Crippen LogP contribution >= 0.6 is 23.2 Å². The zero-order valence-corrected chi connectivity index (χ0v) is 10.5. The second-order valence-corrected chi connectivity index (χ2v) is 4.40. The molecular weight excluding hydrogens is 255 g/mol. The summed E-state index contributed by atoms with van der Waals surface area (Å²) >= 11 is 12.0. The number of rotatable bonds is 1. The molecule has 0 aliphatic carbocycles. The number of hydrogen-bond acceptors (Lipinski definition) is 2. The summed E-state index contributed by atoms with van der Waals surface area (Å²) in [5.74, 6) is 0. The van der Waals surface area contributed by atoms with E-state index in [9.17, 15) is 0 Å². The predicted molar refractivity (Wildman–Crippen MR) is 69.1 cm³/mol. The van der Waals surface area contributed by atoms with E-state index in [2.05, 4.69) is 11.1 Å². The lowest BCUT2D eigenvalue weighted by atomic mass is 10.0. The molecule has 4 heteroatoms. The first-order valence-electron chi connectivity index (χ1n) is 4.94. The highest BCUT2D eigenvalue weighted by Gasteiger charge is 2.11. The third kappa shape index (κ3) is 2.26. The first-order valence-corrected chi connectivity index (χ1v) is 5.70. The number of nitrogens with zero attached hydrogens (tertiary/aromatic N) is 2. The molecule has 0 amide bonds. The Balaban J connectivity index is 2.69. The number of nitriles is 1. The average Bonchev–Trinajstić information content (AvgIpc) is 2.29. The fourth-order valence-corrected chi connectivity index (χ4v) is 2.15. The van der Waals surface area contributed by atoms with Crippen molar-refractivity contribution in [2.75, 3.05) is 0 Å². The molecule has 0 radical (unpaired) electrons. The van der Waals surface area contributed by atoms with Gasteiger partial charge in [-0.15, -0.1) is 0 Å². The summed E-state index contributed by atoms with van der Waals surface area (Å²) in [7, 11) is 0. The summed E-state index contributed by atoms with van der Waals surface area (Å²) in [5.41, 5.74) is 2.80. The van der Waals surface area contributed by atoms with E-state index >= 15 is 0 Å². The van der Waals surface area contributed by atoms with Gasteiger partial charge >= 0.3 is 0 Å². The first-order chi connectivity index (χ1) is 8.13. The molecule has 17 heavy (non-hydrogen) atoms. The topological polar surface area (TPSA) is 36.7 Å². The Morgan fingerprint density at radius 1 is 1.18 bits per heavy atom. The fraction of sp³-hybridized carbons (Fsp3) is 0.0769. The molecule has 0 N–H and O–H groups in total. The largest absolute Gasteiger partial charge is 0.260 e. The molecule has 2 nitrogen and oxygen atoms in total. The zero-order valence-electron chi connectivity index (χ0n) is 9.04. The zero-order chi connectivity index (χ0) is 12.4. The van der Waals surface area contributed by atoms with Crippen LogP contribution < -0.4 is 0 Å². The Morgan fingerprint density at radius 2 is 1.94 bits per heavy atom. The van der Waals surface area contributed by atoms with Crippen molar-refractivity contribution >= 4 is 23.2 Å². The first kappa shape index (κ1) is 11.9. The second-order valence-electron chi connectivity index (χ2n) is 3.55. The Hall–Kier alpha value is -1.56. The minimum Gasteiger partial charge on any atom is -0.260 e. The quantitative estimate of drug-likeness (QED) is 0.771. The van der Waals surface area contributed by atoms with Crippen molar-refractivity contribution in [3.8, 4) is 17.2 Å². The molecule has 1 aromatic heterocycles. The van der Waals surface area contributed by atoms with Gasteiger partial charge in [-0.05, 0) is 25.1 Å². The van der Waals surface area contributed by atoms with Gasteiger partial charge in [-0.2, -0.15) is 5.26 Å². The van der Waals surface area contributed by atoms with Crippen LogP contribution in [0.15, 0.2) is 30.5 Å². The number of pyridine rings is 1. The predicted octanol–water partition coefficient (Wildman–Crippen LogP) is 4.24. The fourth-order valence-electron chi connectivity index (χ4n) is 1.64. The van der Waals surface area contributed by atoms with Gasteiger partial charge in [0.05, 0.1) is 11.3 Å². The van der Waals surface area contributed by atoms with Crippen molar-refractivity contribution in [1.29, 1.82) is 5.26 Å². The number of hydrogen-bond donors (Lipinski definition) is 0. The number of halogens is 2. The number of aryl methyl sites for hydroxylation is 1. The molecule has 0 spiro atoms.